The molecule has 1 aliphatic heterocycles. The van der Waals surface area contributed by atoms with E-state index in [1.54, 1.807) is 20.8 Å². The standard InChI is InChI=1S/C19H23N3O3/c1-19(2,3)25-18(24)21-16-9-12-5-6-13-11-22(4)8-7-14(13)15(12)10-20-17(16)23/h5-8,11,16H,9-10H2,1-4H3,(H-,20,21,23,24)/p+1/t16-/m0/s1. The van der Waals surface area contributed by atoms with Crippen LogP contribution >= 0.6 is 0 Å². The van der Waals surface area contributed by atoms with E-state index in [0.717, 1.165) is 21.9 Å². The van der Waals surface area contributed by atoms with Crippen molar-refractivity contribution in [2.24, 2.45) is 7.05 Å². The first-order valence-electron chi connectivity index (χ1n) is 8.40. The van der Waals surface area contributed by atoms with Crippen LogP contribution in [0.4, 0.5) is 4.79 Å². The molecule has 6 heteroatoms. The highest BCUT2D eigenvalue weighted by molar-refractivity contribution is 5.90. The van der Waals surface area contributed by atoms with E-state index >= 15 is 0 Å². The van der Waals surface area contributed by atoms with Crippen LogP contribution in [0, 0.1) is 0 Å². The number of carbonyl (C=O) groups is 2. The molecule has 2 aromatic rings. The van der Waals surface area contributed by atoms with Crippen LogP contribution in [-0.4, -0.2) is 23.6 Å². The maximum atomic E-state index is 12.4. The summed E-state index contributed by atoms with van der Waals surface area (Å²) in [6.07, 6.45) is 3.91. The first-order valence-corrected chi connectivity index (χ1v) is 8.40. The molecule has 2 heterocycles. The highest BCUT2D eigenvalue weighted by atomic mass is 16.6. The van der Waals surface area contributed by atoms with Gasteiger partial charge in [-0.05, 0) is 43.4 Å². The molecule has 1 aromatic heterocycles. The van der Waals surface area contributed by atoms with Gasteiger partial charge >= 0.3 is 6.09 Å². The number of pyridine rings is 1. The topological polar surface area (TPSA) is 71.3 Å². The Morgan fingerprint density at radius 1 is 1.32 bits per heavy atom. The monoisotopic (exact) mass is 342 g/mol. The van der Waals surface area contributed by atoms with Crippen molar-refractivity contribution in [1.29, 1.82) is 0 Å². The first kappa shape index (κ1) is 17.2. The van der Waals surface area contributed by atoms with Crippen LogP contribution in [-0.2, 0) is 29.5 Å². The molecule has 2 N–H and O–H groups in total. The zero-order valence-electron chi connectivity index (χ0n) is 15.1. The fraction of sp³-hybridized carbons (Fsp3) is 0.421. The molecule has 0 spiro atoms. The van der Waals surface area contributed by atoms with Crippen LogP contribution in [0.5, 0.6) is 0 Å². The predicted octanol–water partition coefficient (Wildman–Crippen LogP) is 1.73. The lowest BCUT2D eigenvalue weighted by molar-refractivity contribution is -0.670. The summed E-state index contributed by atoms with van der Waals surface area (Å²) >= 11 is 0. The van der Waals surface area contributed by atoms with E-state index in [1.807, 2.05) is 23.9 Å². The van der Waals surface area contributed by atoms with E-state index in [2.05, 4.69) is 29.0 Å². The van der Waals surface area contributed by atoms with Gasteiger partial charge in [-0.1, -0.05) is 6.07 Å². The van der Waals surface area contributed by atoms with Gasteiger partial charge in [-0.15, -0.1) is 0 Å². The van der Waals surface area contributed by atoms with Crippen molar-refractivity contribution in [3.63, 3.8) is 0 Å². The van der Waals surface area contributed by atoms with Crippen molar-refractivity contribution in [2.75, 3.05) is 0 Å². The normalized spacial score (nSPS) is 17.4. The molecule has 132 valence electrons. The molecule has 0 fully saturated rings. The van der Waals surface area contributed by atoms with E-state index in [4.69, 9.17) is 4.74 Å². The van der Waals surface area contributed by atoms with Crippen LogP contribution < -0.4 is 15.2 Å². The lowest BCUT2D eigenvalue weighted by atomic mass is 9.97. The Morgan fingerprint density at radius 2 is 2.08 bits per heavy atom. The van der Waals surface area contributed by atoms with Crippen molar-refractivity contribution in [2.45, 2.75) is 45.4 Å². The summed E-state index contributed by atoms with van der Waals surface area (Å²) in [7, 11) is 1.98. The number of hydrogen-bond donors (Lipinski definition) is 2. The van der Waals surface area contributed by atoms with Crippen molar-refractivity contribution in [3.8, 4) is 0 Å². The number of rotatable bonds is 1. The van der Waals surface area contributed by atoms with Gasteiger partial charge in [0.15, 0.2) is 12.4 Å². The van der Waals surface area contributed by atoms with E-state index < -0.39 is 17.7 Å². The Morgan fingerprint density at radius 3 is 2.80 bits per heavy atom. The van der Waals surface area contributed by atoms with Crippen LogP contribution in [0.1, 0.15) is 31.9 Å². The summed E-state index contributed by atoms with van der Waals surface area (Å²) < 4.78 is 7.27. The molecule has 2 amide bonds. The largest absolute Gasteiger partial charge is 0.444 e. The fourth-order valence-electron chi connectivity index (χ4n) is 3.07. The van der Waals surface area contributed by atoms with Gasteiger partial charge in [0.25, 0.3) is 0 Å². The maximum Gasteiger partial charge on any atom is 0.408 e. The second kappa shape index (κ2) is 6.35. The smallest absolute Gasteiger partial charge is 0.408 e. The van der Waals surface area contributed by atoms with Crippen molar-refractivity contribution >= 4 is 22.8 Å². The van der Waals surface area contributed by atoms with Gasteiger partial charge in [0.05, 0.1) is 0 Å². The number of hydrogen-bond acceptors (Lipinski definition) is 3. The number of aromatic nitrogens is 1. The average molecular weight is 342 g/mol. The second-order valence-electron chi connectivity index (χ2n) is 7.44. The van der Waals surface area contributed by atoms with Gasteiger partial charge in [-0.3, -0.25) is 4.79 Å². The molecule has 3 rings (SSSR count). The minimum atomic E-state index is -0.645. The summed E-state index contributed by atoms with van der Waals surface area (Å²) in [5.41, 5.74) is 1.55. The van der Waals surface area contributed by atoms with Crippen molar-refractivity contribution < 1.29 is 18.9 Å². The highest BCUT2D eigenvalue weighted by Gasteiger charge is 2.28. The Balaban J connectivity index is 1.88. The van der Waals surface area contributed by atoms with Gasteiger partial charge in [-0.2, -0.15) is 0 Å². The molecule has 0 saturated heterocycles. The molecule has 6 nitrogen and oxygen atoms in total. The lowest BCUT2D eigenvalue weighted by Crippen LogP contribution is -2.48. The Bertz CT molecular complexity index is 840. The minimum absolute atomic E-state index is 0.198. The summed E-state index contributed by atoms with van der Waals surface area (Å²) in [4.78, 5) is 24.4. The molecule has 0 unspecified atom stereocenters. The molecule has 1 aromatic carbocycles. The number of nitrogens with zero attached hydrogens (tertiary/aromatic N) is 1. The predicted molar refractivity (Wildman–Crippen MR) is 93.8 cm³/mol. The van der Waals surface area contributed by atoms with Crippen molar-refractivity contribution in [1.82, 2.24) is 10.6 Å². The van der Waals surface area contributed by atoms with Gasteiger partial charge < -0.3 is 15.4 Å². The third-order valence-electron chi connectivity index (χ3n) is 4.18. The SMILES string of the molecule is C[n+]1ccc2c3c(ccc2c1)C[C@H](NC(=O)OC(C)(C)C)C(=O)NC3. The number of ether oxygens (including phenoxy) is 1. The number of amides is 2. The molecule has 0 saturated carbocycles. The lowest BCUT2D eigenvalue weighted by Gasteiger charge is -2.22. The molecule has 1 atom stereocenters. The zero-order valence-corrected chi connectivity index (χ0v) is 15.1. The average Bonchev–Trinajstić information content (AvgIpc) is 2.65. The van der Waals surface area contributed by atoms with E-state index in [-0.39, 0.29) is 5.91 Å². The van der Waals surface area contributed by atoms with E-state index in [9.17, 15) is 9.59 Å². The highest BCUT2D eigenvalue weighted by Crippen LogP contribution is 2.24. The van der Waals surface area contributed by atoms with Crippen molar-refractivity contribution in [3.05, 3.63) is 41.7 Å². The summed E-state index contributed by atoms with van der Waals surface area (Å²) in [5, 5.41) is 7.84. The van der Waals surface area contributed by atoms with Gasteiger partial charge in [0.2, 0.25) is 5.91 Å². The number of carbonyl (C=O) groups excluding carboxylic acids is 2. The number of nitrogens with one attached hydrogen (secondary N) is 2. The second-order valence-corrected chi connectivity index (χ2v) is 7.44. The zero-order chi connectivity index (χ0) is 18.2. The van der Waals surface area contributed by atoms with Gasteiger partial charge in [0, 0.05) is 24.4 Å². The third kappa shape index (κ3) is 3.90. The summed E-state index contributed by atoms with van der Waals surface area (Å²) in [5.74, 6) is -0.198. The molecule has 0 aliphatic carbocycles. The maximum absolute atomic E-state index is 12.4. The molecular formula is C19H24N3O3+. The quantitative estimate of drug-likeness (QED) is 0.776. The summed E-state index contributed by atoms with van der Waals surface area (Å²) in [6.45, 7) is 5.83. The number of aryl methyl sites for hydroxylation is 1. The molecule has 0 bridgehead atoms. The van der Waals surface area contributed by atoms with Crippen LogP contribution in [0.3, 0.4) is 0 Å². The molecule has 25 heavy (non-hydrogen) atoms. The van der Waals surface area contributed by atoms with Crippen LogP contribution in [0.2, 0.25) is 0 Å². The van der Waals surface area contributed by atoms with Crippen LogP contribution in [0.15, 0.2) is 30.6 Å². The van der Waals surface area contributed by atoms with Gasteiger partial charge in [0.1, 0.15) is 18.7 Å². The summed E-state index contributed by atoms with van der Waals surface area (Å²) in [6, 6.07) is 5.49. The van der Waals surface area contributed by atoms with E-state index in [0.29, 0.717) is 13.0 Å². The molecule has 0 radical (unpaired) electrons. The number of alkyl carbamates (subject to hydrolysis) is 1. The van der Waals surface area contributed by atoms with Crippen LogP contribution in [0.25, 0.3) is 10.8 Å². The Labute approximate surface area is 147 Å². The Kier molecular flexibility index (Phi) is 4.37. The first-order chi connectivity index (χ1) is 11.7. The minimum Gasteiger partial charge on any atom is -0.444 e. The number of fused-ring (bicyclic) bond motifs is 3. The van der Waals surface area contributed by atoms with E-state index in [1.165, 1.54) is 0 Å². The third-order valence-corrected chi connectivity index (χ3v) is 4.18. The molecular weight excluding hydrogens is 318 g/mol. The fourth-order valence-corrected chi connectivity index (χ4v) is 3.07. The molecule has 1 aliphatic rings. The van der Waals surface area contributed by atoms with Gasteiger partial charge in [-0.25, -0.2) is 9.36 Å². The Hall–Kier alpha value is -2.63. The number of benzene rings is 1.